The molecule has 6 nitrogen and oxygen atoms in total. The van der Waals surface area contributed by atoms with Crippen LogP contribution in [-0.4, -0.2) is 37.6 Å². The topological polar surface area (TPSA) is 93.5 Å². The van der Waals surface area contributed by atoms with Crippen LogP contribution in [0.5, 0.6) is 0 Å². The van der Waals surface area contributed by atoms with Crippen molar-refractivity contribution >= 4 is 29.9 Å². The summed E-state index contributed by atoms with van der Waals surface area (Å²) in [7, 11) is 0. The molecule has 1 aliphatic carbocycles. The van der Waals surface area contributed by atoms with Crippen molar-refractivity contribution in [2.24, 2.45) is 17.1 Å². The summed E-state index contributed by atoms with van der Waals surface area (Å²) in [5.41, 5.74) is 8.78. The SMILES string of the molecule is Cc1ccc(NC(=O)C2(CNC(=O)C(N)C3CCOCC3)CCCC2)cc1C.Cl. The van der Waals surface area contributed by atoms with Crippen LogP contribution in [0.3, 0.4) is 0 Å². The van der Waals surface area contributed by atoms with Crippen LogP contribution in [0.4, 0.5) is 5.69 Å². The lowest BCUT2D eigenvalue weighted by Crippen LogP contribution is -2.51. The zero-order valence-electron chi connectivity index (χ0n) is 17.5. The highest BCUT2D eigenvalue weighted by Crippen LogP contribution is 2.39. The van der Waals surface area contributed by atoms with Crippen LogP contribution < -0.4 is 16.4 Å². The fourth-order valence-electron chi connectivity index (χ4n) is 4.28. The molecule has 2 aliphatic rings. The number of amides is 2. The van der Waals surface area contributed by atoms with E-state index in [1.165, 1.54) is 5.56 Å². The maximum Gasteiger partial charge on any atom is 0.237 e. The van der Waals surface area contributed by atoms with Gasteiger partial charge in [-0.05, 0) is 68.7 Å². The molecule has 1 unspecified atom stereocenters. The van der Waals surface area contributed by atoms with Crippen molar-refractivity contribution in [3.05, 3.63) is 29.3 Å². The van der Waals surface area contributed by atoms with E-state index in [-0.39, 0.29) is 30.1 Å². The van der Waals surface area contributed by atoms with Gasteiger partial charge in [0, 0.05) is 25.4 Å². The molecule has 2 fully saturated rings. The smallest absolute Gasteiger partial charge is 0.237 e. The highest BCUT2D eigenvalue weighted by Gasteiger charge is 2.42. The minimum absolute atomic E-state index is 0. The number of carbonyl (C=O) groups is 2. The molecule has 0 radical (unpaired) electrons. The molecule has 0 bridgehead atoms. The molecule has 1 aromatic carbocycles. The van der Waals surface area contributed by atoms with E-state index < -0.39 is 11.5 Å². The van der Waals surface area contributed by atoms with Crippen molar-refractivity contribution < 1.29 is 14.3 Å². The van der Waals surface area contributed by atoms with Crippen molar-refractivity contribution in [3.63, 3.8) is 0 Å². The molecule has 162 valence electrons. The standard InChI is InChI=1S/C22H33N3O3.ClH/c1-15-5-6-18(13-16(15)2)25-21(27)22(9-3-4-10-22)14-24-20(26)19(23)17-7-11-28-12-8-17;/h5-6,13,17,19H,3-4,7-12,14,23H2,1-2H3,(H,24,26)(H,25,27);1H. The zero-order chi connectivity index (χ0) is 20.1. The quantitative estimate of drug-likeness (QED) is 0.655. The predicted molar refractivity (Wildman–Crippen MR) is 117 cm³/mol. The van der Waals surface area contributed by atoms with Gasteiger partial charge in [0.1, 0.15) is 0 Å². The largest absolute Gasteiger partial charge is 0.381 e. The number of ether oxygens (including phenoxy) is 1. The second-order valence-corrected chi connectivity index (χ2v) is 8.43. The van der Waals surface area contributed by atoms with Crippen molar-refractivity contribution in [3.8, 4) is 0 Å². The molecule has 1 aliphatic heterocycles. The minimum atomic E-state index is -0.552. The number of nitrogens with one attached hydrogen (secondary N) is 2. The molecule has 2 amide bonds. The van der Waals surface area contributed by atoms with E-state index in [9.17, 15) is 9.59 Å². The average molecular weight is 424 g/mol. The lowest BCUT2D eigenvalue weighted by Gasteiger charge is -2.30. The van der Waals surface area contributed by atoms with Crippen molar-refractivity contribution in [1.29, 1.82) is 0 Å². The Kier molecular flexibility index (Phi) is 8.49. The highest BCUT2D eigenvalue weighted by molar-refractivity contribution is 5.96. The van der Waals surface area contributed by atoms with Gasteiger partial charge in [0.2, 0.25) is 11.8 Å². The van der Waals surface area contributed by atoms with Gasteiger partial charge in [-0.15, -0.1) is 12.4 Å². The first-order chi connectivity index (χ1) is 13.4. The van der Waals surface area contributed by atoms with Crippen LogP contribution in [0.15, 0.2) is 18.2 Å². The highest BCUT2D eigenvalue weighted by atomic mass is 35.5. The first-order valence-electron chi connectivity index (χ1n) is 10.4. The van der Waals surface area contributed by atoms with Gasteiger partial charge in [-0.3, -0.25) is 9.59 Å². The van der Waals surface area contributed by atoms with Crippen molar-refractivity contribution in [2.45, 2.75) is 58.4 Å². The van der Waals surface area contributed by atoms with E-state index in [1.807, 2.05) is 25.1 Å². The summed E-state index contributed by atoms with van der Waals surface area (Å²) >= 11 is 0. The number of anilines is 1. The summed E-state index contributed by atoms with van der Waals surface area (Å²) in [5, 5.41) is 6.06. The monoisotopic (exact) mass is 423 g/mol. The van der Waals surface area contributed by atoms with Crippen molar-refractivity contribution in [2.75, 3.05) is 25.1 Å². The Morgan fingerprint density at radius 3 is 2.45 bits per heavy atom. The summed E-state index contributed by atoms with van der Waals surface area (Å²) in [5.74, 6) is -0.0111. The van der Waals surface area contributed by atoms with Crippen LogP contribution in [0.25, 0.3) is 0 Å². The molecule has 1 saturated carbocycles. The van der Waals surface area contributed by atoms with E-state index in [0.717, 1.165) is 49.8 Å². The first kappa shape index (κ1) is 23.6. The molecular weight excluding hydrogens is 390 g/mol. The molecule has 3 rings (SSSR count). The third-order valence-corrected chi connectivity index (χ3v) is 6.48. The Morgan fingerprint density at radius 1 is 1.17 bits per heavy atom. The molecule has 4 N–H and O–H groups in total. The third kappa shape index (κ3) is 5.71. The Balaban J connectivity index is 0.00000300. The molecule has 0 spiro atoms. The van der Waals surface area contributed by atoms with Crippen LogP contribution in [0, 0.1) is 25.2 Å². The Morgan fingerprint density at radius 2 is 1.83 bits per heavy atom. The van der Waals surface area contributed by atoms with Gasteiger partial charge in [0.15, 0.2) is 0 Å². The Hall–Kier alpha value is -1.63. The Labute approximate surface area is 179 Å². The first-order valence-corrected chi connectivity index (χ1v) is 10.4. The van der Waals surface area contributed by atoms with Crippen molar-refractivity contribution in [1.82, 2.24) is 5.32 Å². The molecule has 1 aromatic rings. The molecule has 1 saturated heterocycles. The predicted octanol–water partition coefficient (Wildman–Crippen LogP) is 3.09. The number of benzene rings is 1. The van der Waals surface area contributed by atoms with Crippen LogP contribution in [0.2, 0.25) is 0 Å². The molecule has 29 heavy (non-hydrogen) atoms. The van der Waals surface area contributed by atoms with E-state index >= 15 is 0 Å². The maximum atomic E-state index is 13.1. The minimum Gasteiger partial charge on any atom is -0.381 e. The second-order valence-electron chi connectivity index (χ2n) is 8.43. The average Bonchev–Trinajstić information content (AvgIpc) is 3.19. The molecule has 0 aromatic heterocycles. The number of aryl methyl sites for hydroxylation is 2. The second kappa shape index (κ2) is 10.4. The van der Waals surface area contributed by atoms with Gasteiger partial charge in [-0.25, -0.2) is 0 Å². The van der Waals surface area contributed by atoms with Crippen LogP contribution in [-0.2, 0) is 14.3 Å². The van der Waals surface area contributed by atoms with E-state index in [4.69, 9.17) is 10.5 Å². The molecular formula is C22H34ClN3O3. The molecule has 1 heterocycles. The fourth-order valence-corrected chi connectivity index (χ4v) is 4.28. The third-order valence-electron chi connectivity index (χ3n) is 6.48. The van der Waals surface area contributed by atoms with Gasteiger partial charge in [0.05, 0.1) is 11.5 Å². The van der Waals surface area contributed by atoms with Gasteiger partial charge < -0.3 is 21.1 Å². The van der Waals surface area contributed by atoms with Gasteiger partial charge in [0.25, 0.3) is 0 Å². The van der Waals surface area contributed by atoms with E-state index in [0.29, 0.717) is 19.8 Å². The molecule has 7 heteroatoms. The summed E-state index contributed by atoms with van der Waals surface area (Å²) in [6, 6.07) is 5.41. The van der Waals surface area contributed by atoms with Gasteiger partial charge in [-0.2, -0.15) is 0 Å². The zero-order valence-corrected chi connectivity index (χ0v) is 18.3. The summed E-state index contributed by atoms with van der Waals surface area (Å²) in [6.45, 7) is 5.76. The van der Waals surface area contributed by atoms with Crippen LogP contribution in [0.1, 0.15) is 49.7 Å². The van der Waals surface area contributed by atoms with Gasteiger partial charge in [-0.1, -0.05) is 18.9 Å². The van der Waals surface area contributed by atoms with Crippen LogP contribution >= 0.6 is 12.4 Å². The number of halogens is 1. The number of nitrogens with two attached hydrogens (primary N) is 1. The number of hydrogen-bond donors (Lipinski definition) is 3. The van der Waals surface area contributed by atoms with E-state index in [2.05, 4.69) is 17.6 Å². The van der Waals surface area contributed by atoms with E-state index in [1.54, 1.807) is 0 Å². The summed E-state index contributed by atoms with van der Waals surface area (Å²) in [6.07, 6.45) is 5.21. The van der Waals surface area contributed by atoms with Gasteiger partial charge >= 0.3 is 0 Å². The Bertz CT molecular complexity index is 713. The number of rotatable bonds is 6. The summed E-state index contributed by atoms with van der Waals surface area (Å²) in [4.78, 5) is 25.7. The lowest BCUT2D eigenvalue weighted by molar-refractivity contribution is -0.128. The normalized spacial score (nSPS) is 19.8. The number of carbonyl (C=O) groups excluding carboxylic acids is 2. The fraction of sp³-hybridized carbons (Fsp3) is 0.636. The maximum absolute atomic E-state index is 13.1. The summed E-state index contributed by atoms with van der Waals surface area (Å²) < 4.78 is 5.35. The number of hydrogen-bond acceptors (Lipinski definition) is 4. The lowest BCUT2D eigenvalue weighted by atomic mass is 9.84. The molecule has 1 atom stereocenters.